The Morgan fingerprint density at radius 2 is 1.57 bits per heavy atom. The number of benzene rings is 2. The van der Waals surface area contributed by atoms with Crippen LogP contribution in [0.3, 0.4) is 0 Å². The molecular formula is C19H12Cl2F3N3O3. The summed E-state index contributed by atoms with van der Waals surface area (Å²) in [7, 11) is 0. The van der Waals surface area contributed by atoms with Gasteiger partial charge in [-0.3, -0.25) is 9.59 Å². The van der Waals surface area contributed by atoms with Gasteiger partial charge < -0.3 is 4.74 Å². The minimum Gasteiger partial charge on any atom is -0.406 e. The average Bonchev–Trinajstić information content (AvgIpc) is 3.07. The van der Waals surface area contributed by atoms with Crippen molar-refractivity contribution in [3.8, 4) is 5.75 Å². The molecule has 0 bridgehead atoms. The Morgan fingerprint density at radius 3 is 2.13 bits per heavy atom. The Labute approximate surface area is 178 Å². The summed E-state index contributed by atoms with van der Waals surface area (Å²) in [5.41, 5.74) is -0.718. The fraction of sp³-hybridized carbons (Fsp3) is 0.263. The van der Waals surface area contributed by atoms with Gasteiger partial charge in [-0.05, 0) is 42.8 Å². The zero-order chi connectivity index (χ0) is 21.8. The molecule has 2 heterocycles. The molecular weight excluding hydrogens is 446 g/mol. The number of carbonyl (C=O) groups is 2. The molecule has 2 aliphatic rings. The molecule has 0 spiro atoms. The fourth-order valence-electron chi connectivity index (χ4n) is 3.70. The van der Waals surface area contributed by atoms with Crippen molar-refractivity contribution in [1.82, 2.24) is 0 Å². The Kier molecular flexibility index (Phi) is 4.78. The first-order valence-corrected chi connectivity index (χ1v) is 9.36. The van der Waals surface area contributed by atoms with Crippen LogP contribution in [0.15, 0.2) is 52.7 Å². The van der Waals surface area contributed by atoms with Gasteiger partial charge in [-0.1, -0.05) is 35.3 Å². The summed E-state index contributed by atoms with van der Waals surface area (Å²) in [4.78, 5) is 27.2. The number of rotatable bonds is 3. The highest BCUT2D eigenvalue weighted by Crippen LogP contribution is 2.53. The number of halogens is 5. The van der Waals surface area contributed by atoms with Gasteiger partial charge in [0.25, 0.3) is 5.91 Å². The van der Waals surface area contributed by atoms with Crippen molar-refractivity contribution in [2.45, 2.75) is 25.4 Å². The normalized spacial score (nSPS) is 25.7. The van der Waals surface area contributed by atoms with Crippen LogP contribution in [0.5, 0.6) is 5.75 Å². The third-order valence-electron chi connectivity index (χ3n) is 5.09. The summed E-state index contributed by atoms with van der Waals surface area (Å²) in [6.07, 6.45) is -4.82. The lowest BCUT2D eigenvalue weighted by Crippen LogP contribution is -2.37. The highest BCUT2D eigenvalue weighted by atomic mass is 35.5. The average molecular weight is 458 g/mol. The second-order valence-corrected chi connectivity index (χ2v) is 7.91. The smallest absolute Gasteiger partial charge is 0.406 e. The van der Waals surface area contributed by atoms with Crippen LogP contribution in [-0.4, -0.2) is 24.2 Å². The summed E-state index contributed by atoms with van der Waals surface area (Å²) in [5, 5.41) is 8.57. The number of ether oxygens (including phenoxy) is 1. The zero-order valence-corrected chi connectivity index (χ0v) is 16.7. The predicted molar refractivity (Wildman–Crippen MR) is 102 cm³/mol. The molecule has 1 fully saturated rings. The van der Waals surface area contributed by atoms with E-state index >= 15 is 0 Å². The number of hydrogen-bond acceptors (Lipinski definition) is 5. The number of carbonyl (C=O) groups excluding carboxylic acids is 2. The topological polar surface area (TPSA) is 71.3 Å². The Bertz CT molecular complexity index is 1050. The molecule has 156 valence electrons. The third-order valence-corrected chi connectivity index (χ3v) is 5.52. The second kappa shape index (κ2) is 6.95. The largest absolute Gasteiger partial charge is 0.573 e. The molecule has 0 radical (unpaired) electrons. The maximum atomic E-state index is 13.3. The molecule has 0 saturated carbocycles. The van der Waals surface area contributed by atoms with Gasteiger partial charge >= 0.3 is 6.36 Å². The van der Waals surface area contributed by atoms with Crippen LogP contribution in [0.2, 0.25) is 10.0 Å². The van der Waals surface area contributed by atoms with E-state index in [-0.39, 0.29) is 15.7 Å². The number of nitrogens with zero attached hydrogens (tertiary/aromatic N) is 3. The van der Waals surface area contributed by atoms with Gasteiger partial charge in [-0.2, -0.15) is 10.2 Å². The molecule has 3 unspecified atom stereocenters. The maximum Gasteiger partial charge on any atom is 0.573 e. The van der Waals surface area contributed by atoms with E-state index in [2.05, 4.69) is 15.0 Å². The molecule has 0 aliphatic carbocycles. The molecule has 0 N–H and O–H groups in total. The summed E-state index contributed by atoms with van der Waals surface area (Å²) in [6, 6.07) is 7.34. The molecule has 4 rings (SSSR count). The van der Waals surface area contributed by atoms with Crippen molar-refractivity contribution in [2.75, 3.05) is 4.90 Å². The molecule has 1 saturated heterocycles. The molecule has 6 nitrogen and oxygen atoms in total. The van der Waals surface area contributed by atoms with Gasteiger partial charge in [0.15, 0.2) is 6.04 Å². The summed E-state index contributed by atoms with van der Waals surface area (Å²) in [6.45, 7) is 1.55. The lowest BCUT2D eigenvalue weighted by Gasteiger charge is -2.26. The van der Waals surface area contributed by atoms with Crippen molar-refractivity contribution in [3.63, 3.8) is 0 Å². The minimum absolute atomic E-state index is 0.209. The van der Waals surface area contributed by atoms with Gasteiger partial charge in [0.2, 0.25) is 5.91 Å². The number of amides is 2. The number of anilines is 1. The van der Waals surface area contributed by atoms with Crippen LogP contribution in [0, 0.1) is 5.41 Å². The van der Waals surface area contributed by atoms with Crippen molar-refractivity contribution < 1.29 is 27.5 Å². The summed E-state index contributed by atoms with van der Waals surface area (Å²) < 4.78 is 41.0. The number of azo groups is 1. The number of hydrogen-bond donors (Lipinski definition) is 0. The van der Waals surface area contributed by atoms with Crippen LogP contribution in [0.1, 0.15) is 18.5 Å². The first kappa shape index (κ1) is 20.6. The fourth-order valence-corrected chi connectivity index (χ4v) is 4.22. The van der Waals surface area contributed by atoms with E-state index in [0.29, 0.717) is 5.56 Å². The van der Waals surface area contributed by atoms with Gasteiger partial charge in [0.1, 0.15) is 17.2 Å². The standard InChI is InChI=1S/C19H12Cl2F3N3O3/c1-18-14(9-2-4-13(5-3-9)30-19(22,23)24)25-26-15(18)16(28)27(17(18)29)12-7-10(20)6-11(21)8-12/h2-8,14-15H,1H3. The van der Waals surface area contributed by atoms with Crippen LogP contribution < -0.4 is 9.64 Å². The molecule has 0 aromatic heterocycles. The molecule has 3 atom stereocenters. The molecule has 2 aliphatic heterocycles. The maximum absolute atomic E-state index is 13.3. The lowest BCUT2D eigenvalue weighted by molar-refractivity contribution is -0.274. The van der Waals surface area contributed by atoms with Crippen molar-refractivity contribution >= 4 is 40.7 Å². The highest BCUT2D eigenvalue weighted by Gasteiger charge is 2.64. The van der Waals surface area contributed by atoms with E-state index in [1.54, 1.807) is 6.92 Å². The van der Waals surface area contributed by atoms with Crippen LogP contribution in [0.4, 0.5) is 18.9 Å². The number of alkyl halides is 3. The van der Waals surface area contributed by atoms with E-state index in [4.69, 9.17) is 23.2 Å². The van der Waals surface area contributed by atoms with Crippen molar-refractivity contribution in [2.24, 2.45) is 15.6 Å². The molecule has 2 aromatic rings. The van der Waals surface area contributed by atoms with Gasteiger partial charge in [0, 0.05) is 10.0 Å². The Morgan fingerprint density at radius 1 is 1.00 bits per heavy atom. The van der Waals surface area contributed by atoms with Crippen molar-refractivity contribution in [3.05, 3.63) is 58.1 Å². The number of fused-ring (bicyclic) bond motifs is 1. The Hall–Kier alpha value is -2.65. The van der Waals surface area contributed by atoms with Gasteiger partial charge in [0.05, 0.1) is 5.69 Å². The zero-order valence-electron chi connectivity index (χ0n) is 15.2. The highest BCUT2D eigenvalue weighted by molar-refractivity contribution is 6.36. The monoisotopic (exact) mass is 457 g/mol. The van der Waals surface area contributed by atoms with E-state index in [1.807, 2.05) is 0 Å². The number of imide groups is 1. The van der Waals surface area contributed by atoms with E-state index in [0.717, 1.165) is 17.0 Å². The van der Waals surface area contributed by atoms with E-state index in [9.17, 15) is 22.8 Å². The second-order valence-electron chi connectivity index (χ2n) is 7.04. The molecule has 2 aromatic carbocycles. The van der Waals surface area contributed by atoms with Gasteiger partial charge in [-0.25, -0.2) is 4.90 Å². The predicted octanol–water partition coefficient (Wildman–Crippen LogP) is 5.35. The third kappa shape index (κ3) is 3.31. The first-order valence-electron chi connectivity index (χ1n) is 8.61. The first-order chi connectivity index (χ1) is 14.0. The SMILES string of the molecule is CC12C(=O)N(c3cc(Cl)cc(Cl)c3)C(=O)C1N=NC2c1ccc(OC(F)(F)F)cc1. The summed E-state index contributed by atoms with van der Waals surface area (Å²) >= 11 is 12.0. The minimum atomic E-state index is -4.82. The van der Waals surface area contributed by atoms with Gasteiger partial charge in [-0.15, -0.1) is 13.2 Å². The molecule has 30 heavy (non-hydrogen) atoms. The van der Waals surface area contributed by atoms with E-state index < -0.39 is 41.4 Å². The summed E-state index contributed by atoms with van der Waals surface area (Å²) in [5.74, 6) is -1.54. The molecule has 11 heteroatoms. The Balaban J connectivity index is 1.67. The van der Waals surface area contributed by atoms with E-state index in [1.165, 1.54) is 30.3 Å². The van der Waals surface area contributed by atoms with Crippen LogP contribution in [-0.2, 0) is 9.59 Å². The lowest BCUT2D eigenvalue weighted by atomic mass is 9.76. The van der Waals surface area contributed by atoms with Crippen LogP contribution >= 0.6 is 23.2 Å². The van der Waals surface area contributed by atoms with Crippen LogP contribution in [0.25, 0.3) is 0 Å². The molecule has 2 amide bonds. The van der Waals surface area contributed by atoms with Crippen molar-refractivity contribution in [1.29, 1.82) is 0 Å². The quantitative estimate of drug-likeness (QED) is 0.583.